The Morgan fingerprint density at radius 2 is 1.88 bits per heavy atom. The molecule has 1 amide bonds. The van der Waals surface area contributed by atoms with Crippen molar-refractivity contribution in [3.05, 3.63) is 59.9 Å². The molecule has 0 radical (unpaired) electrons. The van der Waals surface area contributed by atoms with Crippen molar-refractivity contribution in [3.63, 3.8) is 0 Å². The molecule has 1 unspecified atom stereocenters. The fourth-order valence-electron chi connectivity index (χ4n) is 2.24. The predicted octanol–water partition coefficient (Wildman–Crippen LogP) is 2.42. The molecule has 0 fully saturated rings. The van der Waals surface area contributed by atoms with Crippen molar-refractivity contribution in [1.82, 2.24) is 5.32 Å². The molecular formula is C19H20FNO5. The Morgan fingerprint density at radius 1 is 1.15 bits per heavy atom. The molecule has 0 aliphatic rings. The molecule has 2 N–H and O–H groups in total. The first-order chi connectivity index (χ1) is 12.5. The number of rotatable bonds is 9. The van der Waals surface area contributed by atoms with Crippen LogP contribution in [0, 0.1) is 5.82 Å². The molecule has 0 aliphatic heterocycles. The smallest absolute Gasteiger partial charge is 0.346 e. The number of hydrogen-bond acceptors (Lipinski definition) is 4. The summed E-state index contributed by atoms with van der Waals surface area (Å²) in [6.45, 7) is -0.191. The van der Waals surface area contributed by atoms with Gasteiger partial charge in [0.15, 0.2) is 0 Å². The van der Waals surface area contributed by atoms with Crippen LogP contribution in [0.4, 0.5) is 4.39 Å². The summed E-state index contributed by atoms with van der Waals surface area (Å²) < 4.78 is 23.3. The molecule has 0 spiro atoms. The van der Waals surface area contributed by atoms with Crippen molar-refractivity contribution in [3.8, 4) is 11.5 Å². The summed E-state index contributed by atoms with van der Waals surface area (Å²) in [5.74, 6) is -1.04. The molecule has 1 atom stereocenters. The van der Waals surface area contributed by atoms with Gasteiger partial charge in [0.2, 0.25) is 12.0 Å². The average Bonchev–Trinajstić information content (AvgIpc) is 2.64. The molecular weight excluding hydrogens is 341 g/mol. The summed E-state index contributed by atoms with van der Waals surface area (Å²) in [6.07, 6.45) is -0.559. The number of ether oxygens (including phenoxy) is 2. The van der Waals surface area contributed by atoms with E-state index in [1.54, 1.807) is 7.11 Å². The summed E-state index contributed by atoms with van der Waals surface area (Å²) >= 11 is 0. The lowest BCUT2D eigenvalue weighted by molar-refractivity contribution is -0.145. The van der Waals surface area contributed by atoms with Crippen molar-refractivity contribution in [2.45, 2.75) is 18.9 Å². The number of amides is 1. The molecule has 0 bridgehead atoms. The Balaban J connectivity index is 1.82. The monoisotopic (exact) mass is 361 g/mol. The first-order valence-corrected chi connectivity index (χ1v) is 8.02. The van der Waals surface area contributed by atoms with Crippen LogP contribution >= 0.6 is 0 Å². The zero-order chi connectivity index (χ0) is 18.9. The van der Waals surface area contributed by atoms with Gasteiger partial charge in [-0.25, -0.2) is 9.18 Å². The topological polar surface area (TPSA) is 84.9 Å². The highest BCUT2D eigenvalue weighted by Gasteiger charge is 2.20. The molecule has 7 heteroatoms. The Bertz CT molecular complexity index is 748. The number of carboxylic acid groups (broad SMARTS) is 1. The molecule has 138 valence electrons. The Labute approximate surface area is 150 Å². The maximum absolute atomic E-state index is 12.9. The molecule has 0 saturated heterocycles. The third-order valence-electron chi connectivity index (χ3n) is 3.63. The number of hydrogen-bond donors (Lipinski definition) is 2. The third kappa shape index (κ3) is 6.08. The molecule has 0 aliphatic carbocycles. The van der Waals surface area contributed by atoms with E-state index in [-0.39, 0.29) is 24.6 Å². The molecule has 2 aromatic carbocycles. The highest BCUT2D eigenvalue weighted by Crippen LogP contribution is 2.14. The van der Waals surface area contributed by atoms with Gasteiger partial charge in [0.05, 0.1) is 13.7 Å². The van der Waals surface area contributed by atoms with Crippen LogP contribution in [-0.2, 0) is 16.0 Å². The van der Waals surface area contributed by atoms with Gasteiger partial charge < -0.3 is 19.9 Å². The fraction of sp³-hybridized carbons (Fsp3) is 0.263. The van der Waals surface area contributed by atoms with Crippen molar-refractivity contribution in [2.24, 2.45) is 0 Å². The average molecular weight is 361 g/mol. The maximum Gasteiger partial charge on any atom is 0.346 e. The van der Waals surface area contributed by atoms with Gasteiger partial charge in [-0.05, 0) is 48.4 Å². The molecule has 2 aromatic rings. The van der Waals surface area contributed by atoms with Gasteiger partial charge in [-0.15, -0.1) is 0 Å². The van der Waals surface area contributed by atoms with Gasteiger partial charge in [0.25, 0.3) is 0 Å². The molecule has 26 heavy (non-hydrogen) atoms. The number of nitrogens with one attached hydrogen (secondary N) is 1. The number of carboxylic acids is 1. The Kier molecular flexibility index (Phi) is 6.96. The van der Waals surface area contributed by atoms with Gasteiger partial charge in [0.1, 0.15) is 17.3 Å². The predicted molar refractivity (Wildman–Crippen MR) is 92.8 cm³/mol. The minimum atomic E-state index is -1.26. The van der Waals surface area contributed by atoms with Crippen LogP contribution in [0.15, 0.2) is 48.5 Å². The lowest BCUT2D eigenvalue weighted by Gasteiger charge is -2.16. The highest BCUT2D eigenvalue weighted by molar-refractivity contribution is 5.78. The molecule has 0 saturated carbocycles. The van der Waals surface area contributed by atoms with Crippen molar-refractivity contribution < 1.29 is 28.6 Å². The second kappa shape index (κ2) is 9.41. The summed E-state index contributed by atoms with van der Waals surface area (Å²) in [4.78, 5) is 23.2. The largest absolute Gasteiger partial charge is 0.497 e. The van der Waals surface area contributed by atoms with Gasteiger partial charge in [-0.2, -0.15) is 0 Å². The molecule has 6 nitrogen and oxygen atoms in total. The number of halogens is 1. The number of aryl methyl sites for hydroxylation is 1. The second-order valence-electron chi connectivity index (χ2n) is 5.55. The van der Waals surface area contributed by atoms with Crippen LogP contribution in [-0.4, -0.2) is 36.7 Å². The second-order valence-corrected chi connectivity index (χ2v) is 5.55. The van der Waals surface area contributed by atoms with Crippen LogP contribution in [0.1, 0.15) is 12.0 Å². The number of benzene rings is 2. The summed E-state index contributed by atoms with van der Waals surface area (Å²) in [5.41, 5.74) is 0.942. The van der Waals surface area contributed by atoms with E-state index in [4.69, 9.17) is 9.47 Å². The summed E-state index contributed by atoms with van der Waals surface area (Å²) in [6, 6.07) is 12.4. The minimum Gasteiger partial charge on any atom is -0.497 e. The highest BCUT2D eigenvalue weighted by atomic mass is 19.1. The van der Waals surface area contributed by atoms with E-state index in [1.807, 2.05) is 24.3 Å². The zero-order valence-corrected chi connectivity index (χ0v) is 14.3. The van der Waals surface area contributed by atoms with E-state index in [2.05, 4.69) is 5.32 Å². The quantitative estimate of drug-likeness (QED) is 0.716. The van der Waals surface area contributed by atoms with Crippen LogP contribution in [0.5, 0.6) is 11.5 Å². The van der Waals surface area contributed by atoms with Crippen LogP contribution in [0.25, 0.3) is 0 Å². The minimum absolute atomic E-state index is 0.191. The lowest BCUT2D eigenvalue weighted by Crippen LogP contribution is -2.40. The molecule has 0 aromatic heterocycles. The summed E-state index contributed by atoms with van der Waals surface area (Å²) in [5, 5.41) is 11.7. The normalized spacial score (nSPS) is 11.5. The van der Waals surface area contributed by atoms with Gasteiger partial charge in [-0.1, -0.05) is 12.1 Å². The first-order valence-electron chi connectivity index (χ1n) is 8.02. The van der Waals surface area contributed by atoms with E-state index in [9.17, 15) is 19.1 Å². The maximum atomic E-state index is 12.9. The standard InChI is InChI=1S/C19H20FNO5/c1-25-16-4-2-3-13(11-16)5-10-18(22)21-12-17(19(23)24)26-15-8-6-14(20)7-9-15/h2-4,6-9,11,17H,5,10,12H2,1H3,(H,21,22)(H,23,24). The third-order valence-corrected chi connectivity index (χ3v) is 3.63. The Hall–Kier alpha value is -3.09. The van der Waals surface area contributed by atoms with Crippen molar-refractivity contribution in [2.75, 3.05) is 13.7 Å². The van der Waals surface area contributed by atoms with Crippen LogP contribution < -0.4 is 14.8 Å². The first kappa shape index (κ1) is 19.2. The molecule has 0 heterocycles. The van der Waals surface area contributed by atoms with Crippen LogP contribution in [0.3, 0.4) is 0 Å². The van der Waals surface area contributed by atoms with E-state index >= 15 is 0 Å². The fourth-order valence-corrected chi connectivity index (χ4v) is 2.24. The van der Waals surface area contributed by atoms with E-state index < -0.39 is 17.9 Å². The summed E-state index contributed by atoms with van der Waals surface area (Å²) in [7, 11) is 1.57. The number of aliphatic carboxylic acids is 1. The van der Waals surface area contributed by atoms with Crippen molar-refractivity contribution in [1.29, 1.82) is 0 Å². The zero-order valence-electron chi connectivity index (χ0n) is 14.3. The van der Waals surface area contributed by atoms with E-state index in [0.29, 0.717) is 12.2 Å². The number of carbonyl (C=O) groups is 2. The van der Waals surface area contributed by atoms with Gasteiger partial charge in [0, 0.05) is 6.42 Å². The SMILES string of the molecule is COc1cccc(CCC(=O)NCC(Oc2ccc(F)cc2)C(=O)O)c1. The molecule has 2 rings (SSSR count). The van der Waals surface area contributed by atoms with E-state index in [0.717, 1.165) is 5.56 Å². The van der Waals surface area contributed by atoms with Crippen LogP contribution in [0.2, 0.25) is 0 Å². The van der Waals surface area contributed by atoms with E-state index in [1.165, 1.54) is 24.3 Å². The van der Waals surface area contributed by atoms with Gasteiger partial charge >= 0.3 is 5.97 Å². The Morgan fingerprint density at radius 3 is 2.54 bits per heavy atom. The number of methoxy groups -OCH3 is 1. The number of carbonyl (C=O) groups excluding carboxylic acids is 1. The van der Waals surface area contributed by atoms with Crippen molar-refractivity contribution >= 4 is 11.9 Å². The lowest BCUT2D eigenvalue weighted by atomic mass is 10.1. The van der Waals surface area contributed by atoms with Gasteiger partial charge in [-0.3, -0.25) is 4.79 Å².